The molecule has 1 N–H and O–H groups in total. The second kappa shape index (κ2) is 4.74. The number of nitrogens with zero attached hydrogens (tertiary/aromatic N) is 1. The van der Waals surface area contributed by atoms with Gasteiger partial charge in [-0.3, -0.25) is 0 Å². The molecule has 1 saturated heterocycles. The summed E-state index contributed by atoms with van der Waals surface area (Å²) in [4.78, 5) is 12.8. The third-order valence-corrected chi connectivity index (χ3v) is 3.49. The van der Waals surface area contributed by atoms with Gasteiger partial charge in [0, 0.05) is 24.6 Å². The lowest BCUT2D eigenvalue weighted by atomic mass is 10.1. The van der Waals surface area contributed by atoms with Crippen molar-refractivity contribution in [2.75, 3.05) is 29.5 Å². The van der Waals surface area contributed by atoms with Crippen LogP contribution < -0.4 is 4.90 Å². The largest absolute Gasteiger partial charge is 0.478 e. The number of carboxylic acid groups (broad SMARTS) is 1. The van der Waals surface area contributed by atoms with Crippen molar-refractivity contribution in [1.82, 2.24) is 0 Å². The Morgan fingerprint density at radius 1 is 1.38 bits per heavy atom. The first-order valence-corrected chi connectivity index (χ1v) is 6.20. The molecule has 0 bridgehead atoms. The Bertz CT molecular complexity index is 405. The smallest absolute Gasteiger partial charge is 0.337 e. The summed E-state index contributed by atoms with van der Waals surface area (Å²) >= 11 is 1.80. The number of aromatic carboxylic acids is 1. The average Bonchev–Trinajstić information content (AvgIpc) is 2.29. The number of halogens is 1. The molecule has 16 heavy (non-hydrogen) atoms. The number of benzene rings is 1. The van der Waals surface area contributed by atoms with Crippen molar-refractivity contribution in [3.63, 3.8) is 0 Å². The number of carboxylic acids is 1. The molecule has 5 heteroatoms. The first-order chi connectivity index (χ1) is 7.70. The molecular weight excluding hydrogens is 229 g/mol. The zero-order chi connectivity index (χ0) is 11.5. The Morgan fingerprint density at radius 3 is 2.69 bits per heavy atom. The summed E-state index contributed by atoms with van der Waals surface area (Å²) in [5, 5.41) is 9.02. The normalized spacial score (nSPS) is 16.2. The fraction of sp³-hybridized carbons (Fsp3) is 0.364. The Morgan fingerprint density at radius 2 is 2.06 bits per heavy atom. The van der Waals surface area contributed by atoms with Gasteiger partial charge in [0.25, 0.3) is 0 Å². The van der Waals surface area contributed by atoms with Crippen molar-refractivity contribution in [3.8, 4) is 0 Å². The van der Waals surface area contributed by atoms with Gasteiger partial charge in [-0.25, -0.2) is 9.18 Å². The van der Waals surface area contributed by atoms with E-state index in [0.29, 0.717) is 13.1 Å². The molecule has 1 aliphatic heterocycles. The molecule has 1 fully saturated rings. The van der Waals surface area contributed by atoms with Crippen molar-refractivity contribution in [3.05, 3.63) is 29.6 Å². The minimum atomic E-state index is -1.08. The predicted octanol–water partition coefficient (Wildman–Crippen LogP) is 2.08. The summed E-state index contributed by atoms with van der Waals surface area (Å²) in [5.74, 6) is 0.292. The number of carbonyl (C=O) groups is 1. The van der Waals surface area contributed by atoms with E-state index in [1.165, 1.54) is 18.2 Å². The fourth-order valence-corrected chi connectivity index (χ4v) is 2.70. The van der Waals surface area contributed by atoms with Crippen LogP contribution >= 0.6 is 11.8 Å². The average molecular weight is 241 g/mol. The van der Waals surface area contributed by atoms with Crippen LogP contribution in [0.4, 0.5) is 10.1 Å². The van der Waals surface area contributed by atoms with Crippen LogP contribution in [-0.2, 0) is 0 Å². The first-order valence-electron chi connectivity index (χ1n) is 5.04. The lowest BCUT2D eigenvalue weighted by Crippen LogP contribution is -2.34. The highest BCUT2D eigenvalue weighted by Crippen LogP contribution is 2.26. The van der Waals surface area contributed by atoms with Crippen LogP contribution in [0, 0.1) is 5.82 Å². The van der Waals surface area contributed by atoms with Crippen LogP contribution in [0.3, 0.4) is 0 Å². The molecule has 86 valence electrons. The van der Waals surface area contributed by atoms with Gasteiger partial charge in [0.15, 0.2) is 0 Å². The molecule has 1 aliphatic rings. The highest BCUT2D eigenvalue weighted by Gasteiger charge is 2.21. The van der Waals surface area contributed by atoms with Crippen LogP contribution in [0.25, 0.3) is 0 Å². The third-order valence-electron chi connectivity index (χ3n) is 2.54. The summed E-state index contributed by atoms with van der Waals surface area (Å²) in [7, 11) is 0. The van der Waals surface area contributed by atoms with Gasteiger partial charge >= 0.3 is 5.97 Å². The van der Waals surface area contributed by atoms with Crippen LogP contribution in [0.1, 0.15) is 10.4 Å². The van der Waals surface area contributed by atoms with Crippen molar-refractivity contribution in [2.45, 2.75) is 0 Å². The van der Waals surface area contributed by atoms with Crippen LogP contribution in [0.2, 0.25) is 0 Å². The van der Waals surface area contributed by atoms with Gasteiger partial charge in [-0.05, 0) is 12.1 Å². The van der Waals surface area contributed by atoms with E-state index in [1.54, 1.807) is 11.8 Å². The standard InChI is InChI=1S/C11H12FNO2S/c12-9-3-1-2-8(11(14)15)10(9)13-4-6-16-7-5-13/h1-3H,4-7H2,(H,14,15). The van der Waals surface area contributed by atoms with E-state index in [4.69, 9.17) is 5.11 Å². The molecule has 0 aliphatic carbocycles. The molecular formula is C11H12FNO2S. The summed E-state index contributed by atoms with van der Waals surface area (Å²) < 4.78 is 13.7. The third kappa shape index (κ3) is 2.14. The van der Waals surface area contributed by atoms with E-state index < -0.39 is 11.8 Å². The zero-order valence-electron chi connectivity index (χ0n) is 8.65. The molecule has 0 aromatic heterocycles. The van der Waals surface area contributed by atoms with E-state index in [1.807, 2.05) is 4.90 Å². The molecule has 2 rings (SSSR count). The lowest BCUT2D eigenvalue weighted by Gasteiger charge is -2.29. The Kier molecular flexibility index (Phi) is 3.33. The van der Waals surface area contributed by atoms with Gasteiger partial charge in [0.2, 0.25) is 0 Å². The highest BCUT2D eigenvalue weighted by molar-refractivity contribution is 7.99. The van der Waals surface area contributed by atoms with Gasteiger partial charge in [0.1, 0.15) is 5.82 Å². The second-order valence-electron chi connectivity index (χ2n) is 3.54. The topological polar surface area (TPSA) is 40.5 Å². The number of para-hydroxylation sites is 1. The zero-order valence-corrected chi connectivity index (χ0v) is 9.47. The molecule has 0 saturated carbocycles. The van der Waals surface area contributed by atoms with Gasteiger partial charge in [0.05, 0.1) is 11.3 Å². The number of anilines is 1. The van der Waals surface area contributed by atoms with Gasteiger partial charge in [-0.2, -0.15) is 11.8 Å². The van der Waals surface area contributed by atoms with E-state index in [0.717, 1.165) is 11.5 Å². The van der Waals surface area contributed by atoms with Crippen molar-refractivity contribution >= 4 is 23.4 Å². The molecule has 3 nitrogen and oxygen atoms in total. The summed E-state index contributed by atoms with van der Waals surface area (Å²) in [6.45, 7) is 1.40. The van der Waals surface area contributed by atoms with Gasteiger partial charge in [-0.1, -0.05) is 6.07 Å². The van der Waals surface area contributed by atoms with Crippen LogP contribution in [0.15, 0.2) is 18.2 Å². The Balaban J connectivity index is 2.40. The first kappa shape index (κ1) is 11.3. The maximum Gasteiger partial charge on any atom is 0.337 e. The molecule has 1 aromatic rings. The molecule has 0 amide bonds. The van der Waals surface area contributed by atoms with E-state index in [-0.39, 0.29) is 11.3 Å². The minimum Gasteiger partial charge on any atom is -0.478 e. The van der Waals surface area contributed by atoms with Crippen molar-refractivity contribution < 1.29 is 14.3 Å². The summed E-state index contributed by atoms with van der Waals surface area (Å²) in [6, 6.07) is 4.19. The maximum absolute atomic E-state index is 13.7. The predicted molar refractivity (Wildman–Crippen MR) is 62.9 cm³/mol. The van der Waals surface area contributed by atoms with E-state index >= 15 is 0 Å². The SMILES string of the molecule is O=C(O)c1cccc(F)c1N1CCSCC1. The molecule has 0 radical (unpaired) electrons. The Labute approximate surface area is 97.3 Å². The fourth-order valence-electron chi connectivity index (χ4n) is 1.80. The number of thioether (sulfide) groups is 1. The molecule has 0 atom stereocenters. The van der Waals surface area contributed by atoms with Gasteiger partial charge in [-0.15, -0.1) is 0 Å². The van der Waals surface area contributed by atoms with E-state index in [2.05, 4.69) is 0 Å². The quantitative estimate of drug-likeness (QED) is 0.860. The number of hydrogen-bond acceptors (Lipinski definition) is 3. The molecule has 0 spiro atoms. The number of hydrogen-bond donors (Lipinski definition) is 1. The van der Waals surface area contributed by atoms with E-state index in [9.17, 15) is 9.18 Å². The molecule has 0 unspecified atom stereocenters. The van der Waals surface area contributed by atoms with Crippen molar-refractivity contribution in [1.29, 1.82) is 0 Å². The van der Waals surface area contributed by atoms with Gasteiger partial charge < -0.3 is 10.0 Å². The Hall–Kier alpha value is -1.23. The monoisotopic (exact) mass is 241 g/mol. The second-order valence-corrected chi connectivity index (χ2v) is 4.77. The van der Waals surface area contributed by atoms with Crippen molar-refractivity contribution in [2.24, 2.45) is 0 Å². The minimum absolute atomic E-state index is 0.0481. The summed E-state index contributed by atoms with van der Waals surface area (Å²) in [6.07, 6.45) is 0. The highest BCUT2D eigenvalue weighted by atomic mass is 32.2. The van der Waals surface area contributed by atoms with Crippen LogP contribution in [0.5, 0.6) is 0 Å². The summed E-state index contributed by atoms with van der Waals surface area (Å²) in [5.41, 5.74) is 0.280. The maximum atomic E-state index is 13.7. The molecule has 1 aromatic carbocycles. The molecule has 1 heterocycles. The lowest BCUT2D eigenvalue weighted by molar-refractivity contribution is 0.0697. The number of rotatable bonds is 2. The van der Waals surface area contributed by atoms with Crippen LogP contribution in [-0.4, -0.2) is 35.7 Å².